The number of hydrogen-bond donors (Lipinski definition) is 1. The van der Waals surface area contributed by atoms with Crippen molar-refractivity contribution in [1.82, 2.24) is 15.2 Å². The third-order valence-corrected chi connectivity index (χ3v) is 5.19. The van der Waals surface area contributed by atoms with Gasteiger partial charge in [0.25, 0.3) is 5.91 Å². The van der Waals surface area contributed by atoms with Gasteiger partial charge in [-0.25, -0.2) is 0 Å². The Balaban J connectivity index is 1.73. The number of benzene rings is 1. The molecule has 1 N–H and O–H groups in total. The lowest BCUT2D eigenvalue weighted by Crippen LogP contribution is -2.42. The molecule has 1 aliphatic rings. The van der Waals surface area contributed by atoms with E-state index in [0.29, 0.717) is 40.5 Å². The van der Waals surface area contributed by atoms with E-state index in [2.05, 4.69) is 16.4 Å². The molecule has 1 unspecified atom stereocenters. The van der Waals surface area contributed by atoms with Gasteiger partial charge in [-0.1, -0.05) is 6.92 Å². The van der Waals surface area contributed by atoms with Crippen LogP contribution in [-0.2, 0) is 4.79 Å². The number of fused-ring (bicyclic) bond motifs is 1. The van der Waals surface area contributed by atoms with E-state index in [9.17, 15) is 9.59 Å². The first kappa shape index (κ1) is 19.0. The molecule has 8 heteroatoms. The van der Waals surface area contributed by atoms with Crippen LogP contribution in [0.2, 0.25) is 0 Å². The molecule has 1 atom stereocenters. The standard InChI is InChI=1S/C19H20N4O3S/c1-2-7-26-14-3-4-17-16(8-14)15(5-6-21-17)19(25)22-10-18(24)23-12-27-11-13(23)9-20/h3-6,8,13H,2,7,10-12H2,1H3,(H,22,25). The van der Waals surface area contributed by atoms with Gasteiger partial charge in [0, 0.05) is 17.3 Å². The number of nitriles is 1. The van der Waals surface area contributed by atoms with Crippen LogP contribution >= 0.6 is 11.8 Å². The average Bonchev–Trinajstić information content (AvgIpc) is 3.18. The Labute approximate surface area is 161 Å². The van der Waals surface area contributed by atoms with Crippen molar-refractivity contribution in [2.24, 2.45) is 0 Å². The van der Waals surface area contributed by atoms with Crippen LogP contribution < -0.4 is 10.1 Å². The number of amides is 2. The molecular formula is C19H20N4O3S. The Hall–Kier alpha value is -2.79. The highest BCUT2D eigenvalue weighted by Crippen LogP contribution is 2.23. The number of aromatic nitrogens is 1. The fourth-order valence-electron chi connectivity index (χ4n) is 2.78. The third kappa shape index (κ3) is 4.31. The predicted molar refractivity (Wildman–Crippen MR) is 103 cm³/mol. The summed E-state index contributed by atoms with van der Waals surface area (Å²) in [6.07, 6.45) is 2.45. The van der Waals surface area contributed by atoms with Crippen molar-refractivity contribution in [3.63, 3.8) is 0 Å². The molecule has 0 radical (unpaired) electrons. The van der Waals surface area contributed by atoms with Gasteiger partial charge < -0.3 is 15.0 Å². The number of nitrogens with one attached hydrogen (secondary N) is 1. The van der Waals surface area contributed by atoms with Crippen LogP contribution in [0.4, 0.5) is 0 Å². The zero-order chi connectivity index (χ0) is 19.2. The Morgan fingerprint density at radius 3 is 3.07 bits per heavy atom. The fraction of sp³-hybridized carbons (Fsp3) is 0.368. The van der Waals surface area contributed by atoms with Crippen molar-refractivity contribution < 1.29 is 14.3 Å². The van der Waals surface area contributed by atoms with Gasteiger partial charge in [-0.2, -0.15) is 5.26 Å². The number of thioether (sulfide) groups is 1. The number of rotatable bonds is 6. The molecule has 2 heterocycles. The summed E-state index contributed by atoms with van der Waals surface area (Å²) in [5.41, 5.74) is 1.11. The van der Waals surface area contributed by atoms with Gasteiger partial charge in [-0.3, -0.25) is 14.6 Å². The zero-order valence-electron chi connectivity index (χ0n) is 15.0. The van der Waals surface area contributed by atoms with Crippen LogP contribution in [0, 0.1) is 11.3 Å². The van der Waals surface area contributed by atoms with E-state index in [1.165, 1.54) is 16.7 Å². The summed E-state index contributed by atoms with van der Waals surface area (Å²) in [7, 11) is 0. The molecule has 1 saturated heterocycles. The van der Waals surface area contributed by atoms with Crippen LogP contribution in [-0.4, -0.2) is 52.5 Å². The summed E-state index contributed by atoms with van der Waals surface area (Å²) in [6.45, 7) is 2.47. The van der Waals surface area contributed by atoms with Gasteiger partial charge >= 0.3 is 0 Å². The summed E-state index contributed by atoms with van der Waals surface area (Å²) in [5.74, 6) is 1.14. The summed E-state index contributed by atoms with van der Waals surface area (Å²) >= 11 is 1.53. The number of carbonyl (C=O) groups excluding carboxylic acids is 2. The summed E-state index contributed by atoms with van der Waals surface area (Å²) in [6, 6.07) is 8.72. The number of ether oxygens (including phenoxy) is 1. The molecule has 0 spiro atoms. The maximum Gasteiger partial charge on any atom is 0.252 e. The molecule has 140 valence electrons. The van der Waals surface area contributed by atoms with Gasteiger partial charge in [0.15, 0.2) is 0 Å². The van der Waals surface area contributed by atoms with E-state index < -0.39 is 6.04 Å². The summed E-state index contributed by atoms with van der Waals surface area (Å²) in [5, 5.41) is 12.4. The molecule has 3 rings (SSSR count). The minimum Gasteiger partial charge on any atom is -0.494 e. The smallest absolute Gasteiger partial charge is 0.252 e. The zero-order valence-corrected chi connectivity index (χ0v) is 15.8. The normalized spacial score (nSPS) is 16.1. The van der Waals surface area contributed by atoms with Crippen LogP contribution in [0.1, 0.15) is 23.7 Å². The van der Waals surface area contributed by atoms with Crippen LogP contribution in [0.15, 0.2) is 30.5 Å². The number of pyridine rings is 1. The van der Waals surface area contributed by atoms with Crippen LogP contribution in [0.5, 0.6) is 5.75 Å². The Morgan fingerprint density at radius 2 is 2.30 bits per heavy atom. The molecule has 2 amide bonds. The average molecular weight is 384 g/mol. The van der Waals surface area contributed by atoms with Gasteiger partial charge in [0.05, 0.1) is 36.2 Å². The molecule has 0 bridgehead atoms. The second kappa shape index (κ2) is 8.73. The van der Waals surface area contributed by atoms with E-state index >= 15 is 0 Å². The van der Waals surface area contributed by atoms with E-state index in [4.69, 9.17) is 10.00 Å². The lowest BCUT2D eigenvalue weighted by molar-refractivity contribution is -0.129. The SMILES string of the molecule is CCCOc1ccc2nccc(C(=O)NCC(=O)N3CSCC3C#N)c2c1. The largest absolute Gasteiger partial charge is 0.494 e. The van der Waals surface area contributed by atoms with Crippen molar-refractivity contribution in [1.29, 1.82) is 5.26 Å². The summed E-state index contributed by atoms with van der Waals surface area (Å²) < 4.78 is 5.63. The van der Waals surface area contributed by atoms with E-state index in [0.717, 1.165) is 6.42 Å². The molecule has 0 saturated carbocycles. The number of nitrogens with zero attached hydrogens (tertiary/aromatic N) is 3. The van der Waals surface area contributed by atoms with Crippen molar-refractivity contribution in [3.05, 3.63) is 36.0 Å². The minimum atomic E-state index is -0.431. The molecule has 27 heavy (non-hydrogen) atoms. The quantitative estimate of drug-likeness (QED) is 0.820. The third-order valence-electron chi connectivity index (χ3n) is 4.18. The van der Waals surface area contributed by atoms with Crippen LogP contribution in [0.3, 0.4) is 0 Å². The van der Waals surface area contributed by atoms with Crippen molar-refractivity contribution in [3.8, 4) is 11.8 Å². The second-order valence-electron chi connectivity index (χ2n) is 6.08. The molecule has 1 aromatic carbocycles. The number of carbonyl (C=O) groups is 2. The Bertz CT molecular complexity index is 896. The highest BCUT2D eigenvalue weighted by atomic mass is 32.2. The molecule has 1 aliphatic heterocycles. The fourth-order valence-corrected chi connectivity index (χ4v) is 3.88. The Morgan fingerprint density at radius 1 is 1.44 bits per heavy atom. The second-order valence-corrected chi connectivity index (χ2v) is 7.08. The van der Waals surface area contributed by atoms with Gasteiger partial charge in [0.1, 0.15) is 11.8 Å². The van der Waals surface area contributed by atoms with Crippen molar-refractivity contribution in [2.45, 2.75) is 19.4 Å². The van der Waals surface area contributed by atoms with Crippen molar-refractivity contribution >= 4 is 34.5 Å². The van der Waals surface area contributed by atoms with E-state index in [-0.39, 0.29) is 18.4 Å². The van der Waals surface area contributed by atoms with Gasteiger partial charge in [-0.15, -0.1) is 11.8 Å². The lowest BCUT2D eigenvalue weighted by Gasteiger charge is -2.18. The van der Waals surface area contributed by atoms with Crippen LogP contribution in [0.25, 0.3) is 10.9 Å². The van der Waals surface area contributed by atoms with E-state index in [1.54, 1.807) is 24.4 Å². The highest BCUT2D eigenvalue weighted by Gasteiger charge is 2.29. The maximum absolute atomic E-state index is 12.6. The molecule has 1 fully saturated rings. The molecular weight excluding hydrogens is 364 g/mol. The molecule has 1 aromatic heterocycles. The topological polar surface area (TPSA) is 95.3 Å². The first-order valence-corrected chi connectivity index (χ1v) is 9.86. The first-order chi connectivity index (χ1) is 13.1. The molecule has 2 aromatic rings. The van der Waals surface area contributed by atoms with Gasteiger partial charge in [0.2, 0.25) is 5.91 Å². The van der Waals surface area contributed by atoms with Crippen molar-refractivity contribution in [2.75, 3.05) is 24.8 Å². The monoisotopic (exact) mass is 384 g/mol. The molecule has 7 nitrogen and oxygen atoms in total. The number of hydrogen-bond acceptors (Lipinski definition) is 6. The van der Waals surface area contributed by atoms with Gasteiger partial charge in [-0.05, 0) is 30.7 Å². The predicted octanol–water partition coefficient (Wildman–Crippen LogP) is 2.18. The molecule has 0 aliphatic carbocycles. The minimum absolute atomic E-state index is 0.145. The lowest BCUT2D eigenvalue weighted by atomic mass is 10.1. The first-order valence-electron chi connectivity index (χ1n) is 8.70. The summed E-state index contributed by atoms with van der Waals surface area (Å²) in [4.78, 5) is 30.7. The highest BCUT2D eigenvalue weighted by molar-refractivity contribution is 7.99. The maximum atomic E-state index is 12.6. The Kier molecular flexibility index (Phi) is 6.14. The van der Waals surface area contributed by atoms with E-state index in [1.807, 2.05) is 13.0 Å².